The minimum absolute atomic E-state index is 0.0721. The van der Waals surface area contributed by atoms with Crippen molar-refractivity contribution in [2.24, 2.45) is 0 Å². The molecular weight excluding hydrogens is 334 g/mol. The van der Waals surface area contributed by atoms with Crippen LogP contribution >= 0.6 is 0 Å². The van der Waals surface area contributed by atoms with Gasteiger partial charge in [-0.3, -0.25) is 0 Å². The number of hydrogen-bond donors (Lipinski definition) is 3. The Balaban J connectivity index is 2.18. The quantitative estimate of drug-likeness (QED) is 0.628. The molecule has 2 rings (SSSR count). The SMILES string of the molecule is CCCCOC(=O)NC(Cc1ccc(O)cc1-c1ccccc1)C(=O)O. The van der Waals surface area contributed by atoms with Crippen LogP contribution in [0.15, 0.2) is 48.5 Å². The van der Waals surface area contributed by atoms with E-state index in [1.165, 1.54) is 6.07 Å². The standard InChI is InChI=1S/C20H23NO5/c1-2-3-11-26-20(25)21-18(19(23)24)12-15-9-10-16(22)13-17(15)14-7-5-4-6-8-14/h4-10,13,18,22H,2-3,11-12H2,1H3,(H,21,25)(H,23,24). The highest BCUT2D eigenvalue weighted by atomic mass is 16.5. The van der Waals surface area contributed by atoms with Crippen LogP contribution in [0.25, 0.3) is 11.1 Å². The second-order valence-corrected chi connectivity index (χ2v) is 5.94. The summed E-state index contributed by atoms with van der Waals surface area (Å²) in [5.74, 6) is -1.06. The Bertz CT molecular complexity index is 745. The molecule has 138 valence electrons. The van der Waals surface area contributed by atoms with Crippen LogP contribution in [0, 0.1) is 0 Å². The lowest BCUT2D eigenvalue weighted by molar-refractivity contribution is -0.139. The van der Waals surface area contributed by atoms with Crippen molar-refractivity contribution in [3.8, 4) is 16.9 Å². The van der Waals surface area contributed by atoms with E-state index < -0.39 is 18.1 Å². The van der Waals surface area contributed by atoms with Gasteiger partial charge < -0.3 is 20.3 Å². The minimum Gasteiger partial charge on any atom is -0.508 e. The van der Waals surface area contributed by atoms with Crippen LogP contribution in [0.4, 0.5) is 4.79 Å². The Labute approximate surface area is 152 Å². The summed E-state index contributed by atoms with van der Waals surface area (Å²) in [5.41, 5.74) is 2.28. The topological polar surface area (TPSA) is 95.9 Å². The molecule has 0 saturated carbocycles. The average Bonchev–Trinajstić information content (AvgIpc) is 2.63. The number of rotatable bonds is 8. The first-order valence-corrected chi connectivity index (χ1v) is 8.54. The summed E-state index contributed by atoms with van der Waals surface area (Å²) in [5, 5.41) is 21.6. The highest BCUT2D eigenvalue weighted by molar-refractivity contribution is 5.81. The summed E-state index contributed by atoms with van der Waals surface area (Å²) in [4.78, 5) is 23.4. The molecule has 1 atom stereocenters. The number of phenolic OH excluding ortho intramolecular Hbond substituents is 1. The summed E-state index contributed by atoms with van der Waals surface area (Å²) in [7, 11) is 0. The van der Waals surface area contributed by atoms with Gasteiger partial charge in [-0.15, -0.1) is 0 Å². The van der Waals surface area contributed by atoms with Crippen LogP contribution < -0.4 is 5.32 Å². The maximum Gasteiger partial charge on any atom is 0.407 e. The molecule has 2 aromatic rings. The molecule has 0 bridgehead atoms. The molecule has 0 radical (unpaired) electrons. The Kier molecular flexibility index (Phi) is 7.02. The first kappa shape index (κ1) is 19.3. The number of benzene rings is 2. The number of hydrogen-bond acceptors (Lipinski definition) is 4. The molecular formula is C20H23NO5. The second kappa shape index (κ2) is 9.46. The zero-order valence-electron chi connectivity index (χ0n) is 14.6. The minimum atomic E-state index is -1.15. The smallest absolute Gasteiger partial charge is 0.407 e. The Hall–Kier alpha value is -3.02. The third-order valence-electron chi connectivity index (χ3n) is 3.92. The van der Waals surface area contributed by atoms with Crippen molar-refractivity contribution < 1.29 is 24.5 Å². The van der Waals surface area contributed by atoms with Crippen LogP contribution in [0.1, 0.15) is 25.3 Å². The molecule has 0 aliphatic heterocycles. The summed E-state index contributed by atoms with van der Waals surface area (Å²) in [6.07, 6.45) is 0.930. The van der Waals surface area contributed by atoms with Gasteiger partial charge in [0.15, 0.2) is 0 Å². The third-order valence-corrected chi connectivity index (χ3v) is 3.92. The van der Waals surface area contributed by atoms with Gasteiger partial charge in [-0.05, 0) is 35.2 Å². The highest BCUT2D eigenvalue weighted by Crippen LogP contribution is 2.28. The van der Waals surface area contributed by atoms with Crippen molar-refractivity contribution in [3.63, 3.8) is 0 Å². The van der Waals surface area contributed by atoms with Crippen molar-refractivity contribution >= 4 is 12.1 Å². The number of aliphatic carboxylic acids is 1. The molecule has 1 amide bonds. The van der Waals surface area contributed by atoms with E-state index in [0.717, 1.165) is 24.0 Å². The summed E-state index contributed by atoms with van der Waals surface area (Å²) >= 11 is 0. The summed E-state index contributed by atoms with van der Waals surface area (Å²) in [6, 6.07) is 13.0. The number of nitrogens with one attached hydrogen (secondary N) is 1. The van der Waals surface area contributed by atoms with Crippen molar-refractivity contribution in [2.75, 3.05) is 6.61 Å². The molecule has 0 aliphatic carbocycles. The number of alkyl carbamates (subject to hydrolysis) is 1. The molecule has 0 saturated heterocycles. The van der Waals surface area contributed by atoms with Gasteiger partial charge in [0.05, 0.1) is 6.61 Å². The molecule has 6 nitrogen and oxygen atoms in total. The molecule has 2 aromatic carbocycles. The zero-order chi connectivity index (χ0) is 18.9. The lowest BCUT2D eigenvalue weighted by Crippen LogP contribution is -2.42. The average molecular weight is 357 g/mol. The molecule has 0 fully saturated rings. The number of aromatic hydroxyl groups is 1. The van der Waals surface area contributed by atoms with E-state index in [0.29, 0.717) is 5.56 Å². The van der Waals surface area contributed by atoms with E-state index >= 15 is 0 Å². The normalized spacial score (nSPS) is 11.6. The number of carbonyl (C=O) groups excluding carboxylic acids is 1. The molecule has 1 unspecified atom stereocenters. The highest BCUT2D eigenvalue weighted by Gasteiger charge is 2.22. The van der Waals surface area contributed by atoms with Gasteiger partial charge in [-0.1, -0.05) is 49.7 Å². The van der Waals surface area contributed by atoms with E-state index in [1.54, 1.807) is 12.1 Å². The van der Waals surface area contributed by atoms with Gasteiger partial charge in [0.1, 0.15) is 11.8 Å². The molecule has 0 aromatic heterocycles. The first-order chi connectivity index (χ1) is 12.5. The molecule has 3 N–H and O–H groups in total. The van der Waals surface area contributed by atoms with Crippen LogP contribution in [-0.2, 0) is 16.0 Å². The maximum absolute atomic E-state index is 11.8. The molecule has 0 aliphatic rings. The van der Waals surface area contributed by atoms with Gasteiger partial charge in [0, 0.05) is 6.42 Å². The molecule has 0 heterocycles. The van der Waals surface area contributed by atoms with Crippen molar-refractivity contribution in [3.05, 3.63) is 54.1 Å². The Morgan fingerprint density at radius 1 is 1.15 bits per heavy atom. The lowest BCUT2D eigenvalue weighted by Gasteiger charge is -2.17. The van der Waals surface area contributed by atoms with Gasteiger partial charge >= 0.3 is 12.1 Å². The van der Waals surface area contributed by atoms with Gasteiger partial charge in [0.2, 0.25) is 0 Å². The van der Waals surface area contributed by atoms with E-state index in [1.807, 2.05) is 37.3 Å². The van der Waals surface area contributed by atoms with Crippen molar-refractivity contribution in [1.82, 2.24) is 5.32 Å². The van der Waals surface area contributed by atoms with Crippen LogP contribution in [0.2, 0.25) is 0 Å². The number of phenols is 1. The van der Waals surface area contributed by atoms with Crippen LogP contribution in [0.5, 0.6) is 5.75 Å². The third kappa shape index (κ3) is 5.51. The van der Waals surface area contributed by atoms with E-state index in [9.17, 15) is 19.8 Å². The fraction of sp³-hybridized carbons (Fsp3) is 0.300. The van der Waals surface area contributed by atoms with E-state index in [2.05, 4.69) is 5.32 Å². The number of carboxylic acid groups (broad SMARTS) is 1. The Morgan fingerprint density at radius 2 is 1.88 bits per heavy atom. The fourth-order valence-electron chi connectivity index (χ4n) is 2.54. The van der Waals surface area contributed by atoms with Crippen LogP contribution in [-0.4, -0.2) is 34.9 Å². The largest absolute Gasteiger partial charge is 0.508 e. The van der Waals surface area contributed by atoms with Gasteiger partial charge in [0.25, 0.3) is 0 Å². The number of carbonyl (C=O) groups is 2. The predicted octanol–water partition coefficient (Wildman–Crippen LogP) is 3.58. The van der Waals surface area contributed by atoms with Crippen molar-refractivity contribution in [2.45, 2.75) is 32.2 Å². The Morgan fingerprint density at radius 3 is 2.54 bits per heavy atom. The number of amides is 1. The molecule has 6 heteroatoms. The fourth-order valence-corrected chi connectivity index (χ4v) is 2.54. The summed E-state index contributed by atoms with van der Waals surface area (Å²) < 4.78 is 4.98. The number of carboxylic acids is 1. The van der Waals surface area contributed by atoms with Gasteiger partial charge in [-0.2, -0.15) is 0 Å². The number of ether oxygens (including phenoxy) is 1. The number of unbranched alkanes of at least 4 members (excludes halogenated alkanes) is 1. The van der Waals surface area contributed by atoms with E-state index in [4.69, 9.17) is 4.74 Å². The van der Waals surface area contributed by atoms with Crippen LogP contribution in [0.3, 0.4) is 0 Å². The lowest BCUT2D eigenvalue weighted by atomic mass is 9.95. The second-order valence-electron chi connectivity index (χ2n) is 5.94. The molecule has 0 spiro atoms. The summed E-state index contributed by atoms with van der Waals surface area (Å²) in [6.45, 7) is 2.22. The monoisotopic (exact) mass is 357 g/mol. The predicted molar refractivity (Wildman–Crippen MR) is 98.1 cm³/mol. The molecule has 26 heavy (non-hydrogen) atoms. The van der Waals surface area contributed by atoms with Crippen molar-refractivity contribution in [1.29, 1.82) is 0 Å². The van der Waals surface area contributed by atoms with E-state index in [-0.39, 0.29) is 18.8 Å². The van der Waals surface area contributed by atoms with Gasteiger partial charge in [-0.25, -0.2) is 9.59 Å². The zero-order valence-corrected chi connectivity index (χ0v) is 14.6. The first-order valence-electron chi connectivity index (χ1n) is 8.54. The maximum atomic E-state index is 11.8.